The largest absolute Gasteiger partial charge is 0.497 e. The molecule has 1 aliphatic rings. The zero-order valence-electron chi connectivity index (χ0n) is 14.3. The third-order valence-electron chi connectivity index (χ3n) is 4.63. The van der Waals surface area contributed by atoms with Gasteiger partial charge in [0.05, 0.1) is 25.0 Å². The van der Waals surface area contributed by atoms with Crippen LogP contribution in [0, 0.1) is 5.92 Å². The van der Waals surface area contributed by atoms with Crippen molar-refractivity contribution >= 4 is 27.5 Å². The van der Waals surface area contributed by atoms with Gasteiger partial charge in [-0.25, -0.2) is 4.98 Å². The maximum absolute atomic E-state index is 12.6. The van der Waals surface area contributed by atoms with Crippen molar-refractivity contribution in [3.05, 3.63) is 58.0 Å². The number of methoxy groups -OCH3 is 1. The van der Waals surface area contributed by atoms with Crippen LogP contribution in [0.1, 0.15) is 24.4 Å². The number of carbonyl (C=O) groups excluding carboxylic acids is 1. The maximum Gasteiger partial charge on any atom is 0.271 e. The smallest absolute Gasteiger partial charge is 0.271 e. The van der Waals surface area contributed by atoms with E-state index >= 15 is 0 Å². The highest BCUT2D eigenvalue weighted by molar-refractivity contribution is 7.17. The predicted octanol–water partition coefficient (Wildman–Crippen LogP) is 2.73. The Bertz CT molecular complexity index is 989. The monoisotopic (exact) mass is 369 g/mol. The van der Waals surface area contributed by atoms with Gasteiger partial charge in [0.15, 0.2) is 0 Å². The molecule has 0 bridgehead atoms. The lowest BCUT2D eigenvalue weighted by atomic mass is 10.0. The number of amides is 1. The van der Waals surface area contributed by atoms with Crippen LogP contribution < -0.4 is 15.6 Å². The van der Waals surface area contributed by atoms with E-state index in [-0.39, 0.29) is 24.1 Å². The third-order valence-corrected chi connectivity index (χ3v) is 5.53. The van der Waals surface area contributed by atoms with Gasteiger partial charge in [0.2, 0.25) is 5.91 Å². The second-order valence-corrected chi connectivity index (χ2v) is 7.38. The number of fused-ring (bicyclic) bond motifs is 1. The van der Waals surface area contributed by atoms with Crippen LogP contribution in [0.3, 0.4) is 0 Å². The summed E-state index contributed by atoms with van der Waals surface area (Å²) in [6, 6.07) is 9.52. The molecule has 0 aliphatic heterocycles. The van der Waals surface area contributed by atoms with Crippen molar-refractivity contribution in [3.8, 4) is 5.75 Å². The molecule has 6 nitrogen and oxygen atoms in total. The number of hydrogen-bond acceptors (Lipinski definition) is 5. The number of aromatic nitrogens is 2. The van der Waals surface area contributed by atoms with E-state index in [1.54, 1.807) is 13.2 Å². The Morgan fingerprint density at radius 3 is 2.81 bits per heavy atom. The highest BCUT2D eigenvalue weighted by atomic mass is 32.1. The minimum absolute atomic E-state index is 0.0287. The molecule has 3 aromatic rings. The summed E-state index contributed by atoms with van der Waals surface area (Å²) in [5, 5.41) is 4.92. The molecule has 1 atom stereocenters. The Hall–Kier alpha value is -2.67. The van der Waals surface area contributed by atoms with Crippen LogP contribution in [0.15, 0.2) is 46.8 Å². The molecule has 0 saturated heterocycles. The van der Waals surface area contributed by atoms with Gasteiger partial charge in [-0.1, -0.05) is 12.1 Å². The minimum Gasteiger partial charge on any atom is -0.497 e. The summed E-state index contributed by atoms with van der Waals surface area (Å²) in [4.78, 5) is 29.2. The van der Waals surface area contributed by atoms with Crippen LogP contribution in [0.5, 0.6) is 5.75 Å². The lowest BCUT2D eigenvalue weighted by Gasteiger charge is -2.19. The molecule has 1 N–H and O–H groups in total. The summed E-state index contributed by atoms with van der Waals surface area (Å²) in [6.45, 7) is -0.0287. The first-order chi connectivity index (χ1) is 12.7. The predicted molar refractivity (Wildman–Crippen MR) is 100 cm³/mol. The lowest BCUT2D eigenvalue weighted by molar-refractivity contribution is -0.122. The molecule has 134 valence electrons. The zero-order valence-corrected chi connectivity index (χ0v) is 15.2. The van der Waals surface area contributed by atoms with Gasteiger partial charge in [-0.2, -0.15) is 0 Å². The number of ether oxygens (including phenoxy) is 1. The second kappa shape index (κ2) is 6.92. The number of benzene rings is 1. The molecule has 1 fully saturated rings. The van der Waals surface area contributed by atoms with Gasteiger partial charge in [-0.05, 0) is 47.9 Å². The number of nitrogens with zero attached hydrogens (tertiary/aromatic N) is 2. The first kappa shape index (κ1) is 16.8. The Balaban J connectivity index is 1.51. The van der Waals surface area contributed by atoms with Crippen LogP contribution in [0.2, 0.25) is 0 Å². The summed E-state index contributed by atoms with van der Waals surface area (Å²) in [7, 11) is 1.63. The van der Waals surface area contributed by atoms with Gasteiger partial charge >= 0.3 is 0 Å². The van der Waals surface area contributed by atoms with E-state index < -0.39 is 0 Å². The van der Waals surface area contributed by atoms with Gasteiger partial charge in [0.1, 0.15) is 17.0 Å². The molecule has 1 saturated carbocycles. The molecular weight excluding hydrogens is 350 g/mol. The number of hydrogen-bond donors (Lipinski definition) is 1. The normalized spacial score (nSPS) is 15.0. The van der Waals surface area contributed by atoms with Crippen molar-refractivity contribution < 1.29 is 9.53 Å². The molecule has 1 aromatic carbocycles. The van der Waals surface area contributed by atoms with Gasteiger partial charge in [-0.15, -0.1) is 11.3 Å². The molecular formula is C19H19N3O3S. The fraction of sp³-hybridized carbons (Fsp3) is 0.316. The summed E-state index contributed by atoms with van der Waals surface area (Å²) >= 11 is 1.34. The van der Waals surface area contributed by atoms with Crippen LogP contribution in [-0.4, -0.2) is 22.6 Å². The Kier molecular flexibility index (Phi) is 4.46. The SMILES string of the molecule is COc1ccc(C(NC(=O)Cn2cnc3ccsc3c2=O)C2CC2)cc1. The van der Waals surface area contributed by atoms with Crippen LogP contribution >= 0.6 is 11.3 Å². The molecule has 1 unspecified atom stereocenters. The van der Waals surface area contributed by atoms with Crippen molar-refractivity contribution in [2.24, 2.45) is 5.92 Å². The molecule has 2 heterocycles. The van der Waals surface area contributed by atoms with Crippen molar-refractivity contribution in [3.63, 3.8) is 0 Å². The fourth-order valence-electron chi connectivity index (χ4n) is 3.08. The minimum atomic E-state index is -0.183. The average Bonchev–Trinajstić information content (AvgIpc) is 3.38. The van der Waals surface area contributed by atoms with Crippen LogP contribution in [-0.2, 0) is 11.3 Å². The molecule has 0 spiro atoms. The summed E-state index contributed by atoms with van der Waals surface area (Å²) < 4.78 is 7.14. The molecule has 2 aromatic heterocycles. The van der Waals surface area contributed by atoms with E-state index in [2.05, 4.69) is 10.3 Å². The Morgan fingerprint density at radius 1 is 1.35 bits per heavy atom. The molecule has 1 amide bonds. The van der Waals surface area contributed by atoms with Crippen molar-refractivity contribution in [2.75, 3.05) is 7.11 Å². The van der Waals surface area contributed by atoms with E-state index in [9.17, 15) is 9.59 Å². The summed E-state index contributed by atoms with van der Waals surface area (Å²) in [5.74, 6) is 1.05. The second-order valence-electron chi connectivity index (χ2n) is 6.47. The maximum atomic E-state index is 12.6. The number of rotatable bonds is 6. The van der Waals surface area contributed by atoms with E-state index in [1.807, 2.05) is 29.6 Å². The van der Waals surface area contributed by atoms with E-state index in [1.165, 1.54) is 22.2 Å². The summed E-state index contributed by atoms with van der Waals surface area (Å²) in [5.41, 5.74) is 1.55. The van der Waals surface area contributed by atoms with Crippen molar-refractivity contribution in [1.29, 1.82) is 0 Å². The van der Waals surface area contributed by atoms with Crippen LogP contribution in [0.4, 0.5) is 0 Å². The summed E-state index contributed by atoms with van der Waals surface area (Å²) in [6.07, 6.45) is 3.63. The highest BCUT2D eigenvalue weighted by Gasteiger charge is 2.33. The molecule has 4 rings (SSSR count). The fourth-order valence-corrected chi connectivity index (χ4v) is 3.87. The van der Waals surface area contributed by atoms with Gasteiger partial charge in [0, 0.05) is 0 Å². The van der Waals surface area contributed by atoms with Gasteiger partial charge in [0.25, 0.3) is 5.56 Å². The standard InChI is InChI=1S/C19H19N3O3S/c1-25-14-6-4-13(5-7-14)17(12-2-3-12)21-16(23)10-22-11-20-15-8-9-26-18(15)19(22)24/h4-9,11-12,17H,2-3,10H2,1H3,(H,21,23). The molecule has 7 heteroatoms. The quantitative estimate of drug-likeness (QED) is 0.725. The highest BCUT2D eigenvalue weighted by Crippen LogP contribution is 2.41. The lowest BCUT2D eigenvalue weighted by Crippen LogP contribution is -2.35. The first-order valence-corrected chi connectivity index (χ1v) is 9.39. The van der Waals surface area contributed by atoms with Gasteiger partial charge in [-0.3, -0.25) is 14.2 Å². The zero-order chi connectivity index (χ0) is 18.1. The Labute approximate surface area is 154 Å². The third kappa shape index (κ3) is 3.35. The molecule has 26 heavy (non-hydrogen) atoms. The average molecular weight is 369 g/mol. The number of nitrogens with one attached hydrogen (secondary N) is 1. The van der Waals surface area contributed by atoms with Crippen molar-refractivity contribution in [2.45, 2.75) is 25.4 Å². The number of carbonyl (C=O) groups is 1. The topological polar surface area (TPSA) is 73.2 Å². The van der Waals surface area contributed by atoms with Crippen LogP contribution in [0.25, 0.3) is 10.2 Å². The molecule has 1 aliphatic carbocycles. The number of thiophene rings is 1. The molecule has 0 radical (unpaired) electrons. The van der Waals surface area contributed by atoms with Crippen molar-refractivity contribution in [1.82, 2.24) is 14.9 Å². The van der Waals surface area contributed by atoms with E-state index in [0.717, 1.165) is 24.2 Å². The van der Waals surface area contributed by atoms with E-state index in [4.69, 9.17) is 4.74 Å². The Morgan fingerprint density at radius 2 is 2.12 bits per heavy atom. The van der Waals surface area contributed by atoms with Gasteiger partial charge < -0.3 is 10.1 Å². The first-order valence-electron chi connectivity index (χ1n) is 8.51. The van der Waals surface area contributed by atoms with E-state index in [0.29, 0.717) is 16.1 Å².